The molecular weight excluding hydrogens is 727 g/mol. The normalized spacial score (nSPS) is 11.8. The maximum Gasteiger partial charge on any atom is 0.143 e. The molecule has 12 rings (SSSR count). The Bertz CT molecular complexity index is 3500. The van der Waals surface area contributed by atoms with Crippen LogP contribution in [0.2, 0.25) is 0 Å². The van der Waals surface area contributed by atoms with E-state index in [1.807, 2.05) is 29.5 Å². The van der Waals surface area contributed by atoms with E-state index < -0.39 is 0 Å². The lowest BCUT2D eigenvalue weighted by Gasteiger charge is -2.26. The van der Waals surface area contributed by atoms with Gasteiger partial charge in [0.15, 0.2) is 0 Å². The van der Waals surface area contributed by atoms with Gasteiger partial charge in [-0.1, -0.05) is 133 Å². The molecule has 0 aliphatic carbocycles. The van der Waals surface area contributed by atoms with E-state index in [0.29, 0.717) is 0 Å². The van der Waals surface area contributed by atoms with Crippen LogP contribution in [-0.2, 0) is 0 Å². The van der Waals surface area contributed by atoms with Crippen molar-refractivity contribution in [2.75, 3.05) is 4.90 Å². The zero-order chi connectivity index (χ0) is 38.2. The number of anilines is 3. The number of furan rings is 2. The van der Waals surface area contributed by atoms with Gasteiger partial charge in [0.25, 0.3) is 0 Å². The predicted molar refractivity (Wildman–Crippen MR) is 245 cm³/mol. The smallest absolute Gasteiger partial charge is 0.143 e. The first-order valence-corrected chi connectivity index (χ1v) is 20.4. The van der Waals surface area contributed by atoms with Gasteiger partial charge in [-0.15, -0.1) is 11.3 Å². The van der Waals surface area contributed by atoms with E-state index in [-0.39, 0.29) is 0 Å². The van der Waals surface area contributed by atoms with Gasteiger partial charge in [0.05, 0.1) is 0 Å². The lowest BCUT2D eigenvalue weighted by Crippen LogP contribution is -2.09. The number of fused-ring (bicyclic) bond motifs is 9. The summed E-state index contributed by atoms with van der Waals surface area (Å²) in [4.78, 5) is 2.35. The molecule has 0 atom stereocenters. The summed E-state index contributed by atoms with van der Waals surface area (Å²) >= 11 is 1.86. The van der Waals surface area contributed by atoms with Crippen LogP contribution in [0.3, 0.4) is 0 Å². The van der Waals surface area contributed by atoms with Crippen LogP contribution >= 0.6 is 11.3 Å². The SMILES string of the molecule is c1ccc(-c2cccc3c2oc2ccc(-c4ccc(N(c5ccc6c(c5)oc5ccccc56)c5ccc6sc7c(-c8ccccc8)cccc7c6c5)cc4)cc23)cc1. The van der Waals surface area contributed by atoms with Crippen molar-refractivity contribution in [3.05, 3.63) is 200 Å². The van der Waals surface area contributed by atoms with Gasteiger partial charge in [0.2, 0.25) is 0 Å². The Balaban J connectivity index is 0.983. The number of rotatable bonds is 6. The third kappa shape index (κ3) is 5.27. The maximum absolute atomic E-state index is 6.49. The van der Waals surface area contributed by atoms with Gasteiger partial charge in [-0.05, 0) is 88.5 Å². The Morgan fingerprint density at radius 2 is 0.948 bits per heavy atom. The largest absolute Gasteiger partial charge is 0.456 e. The molecular formula is C54H33NO2S. The minimum Gasteiger partial charge on any atom is -0.456 e. The van der Waals surface area contributed by atoms with Crippen molar-refractivity contribution in [2.45, 2.75) is 0 Å². The Morgan fingerprint density at radius 3 is 1.78 bits per heavy atom. The molecule has 0 saturated heterocycles. The zero-order valence-corrected chi connectivity index (χ0v) is 32.0. The molecule has 0 N–H and O–H groups in total. The first-order valence-electron chi connectivity index (χ1n) is 19.6. The summed E-state index contributed by atoms with van der Waals surface area (Å²) in [7, 11) is 0. The number of nitrogens with zero attached hydrogens (tertiary/aromatic N) is 1. The van der Waals surface area contributed by atoms with Crippen molar-refractivity contribution in [2.24, 2.45) is 0 Å². The first-order chi connectivity index (χ1) is 28.7. The summed E-state index contributed by atoms with van der Waals surface area (Å²) in [6.45, 7) is 0. The molecule has 3 heterocycles. The summed E-state index contributed by atoms with van der Waals surface area (Å²) in [6.07, 6.45) is 0. The minimum absolute atomic E-state index is 0.867. The van der Waals surface area contributed by atoms with Crippen LogP contribution in [-0.4, -0.2) is 0 Å². The third-order valence-corrected chi connectivity index (χ3v) is 12.7. The summed E-state index contributed by atoms with van der Waals surface area (Å²) < 4.78 is 15.5. The van der Waals surface area contributed by atoms with E-state index >= 15 is 0 Å². The number of hydrogen-bond donors (Lipinski definition) is 0. The lowest BCUT2D eigenvalue weighted by atomic mass is 10.00. The van der Waals surface area contributed by atoms with Crippen LogP contribution in [0.4, 0.5) is 17.1 Å². The van der Waals surface area contributed by atoms with E-state index in [1.54, 1.807) is 0 Å². The summed E-state index contributed by atoms with van der Waals surface area (Å²) in [5, 5.41) is 6.98. The van der Waals surface area contributed by atoms with Gasteiger partial charge in [-0.25, -0.2) is 0 Å². The molecule has 0 radical (unpaired) electrons. The third-order valence-electron chi connectivity index (χ3n) is 11.5. The molecule has 0 unspecified atom stereocenters. The van der Waals surface area contributed by atoms with E-state index in [0.717, 1.165) is 83.2 Å². The van der Waals surface area contributed by atoms with E-state index in [2.05, 4.69) is 187 Å². The lowest BCUT2D eigenvalue weighted by molar-refractivity contribution is 0.669. The molecule has 0 saturated carbocycles. The molecule has 0 aliphatic heterocycles. The number of benzene rings is 9. The minimum atomic E-state index is 0.867. The highest BCUT2D eigenvalue weighted by Gasteiger charge is 2.19. The molecule has 58 heavy (non-hydrogen) atoms. The van der Waals surface area contributed by atoms with E-state index in [1.165, 1.54) is 31.3 Å². The number of hydrogen-bond acceptors (Lipinski definition) is 4. The average Bonchev–Trinajstić information content (AvgIpc) is 3.98. The van der Waals surface area contributed by atoms with Gasteiger partial charge >= 0.3 is 0 Å². The maximum atomic E-state index is 6.49. The van der Waals surface area contributed by atoms with Crippen molar-refractivity contribution in [1.29, 1.82) is 0 Å². The van der Waals surface area contributed by atoms with Crippen LogP contribution in [0.1, 0.15) is 0 Å². The van der Waals surface area contributed by atoms with Crippen LogP contribution in [0.15, 0.2) is 209 Å². The Labute approximate surface area is 338 Å². The van der Waals surface area contributed by atoms with Crippen LogP contribution in [0.25, 0.3) is 97.4 Å². The highest BCUT2D eigenvalue weighted by molar-refractivity contribution is 7.26. The second kappa shape index (κ2) is 13.1. The molecule has 272 valence electrons. The standard InChI is InChI=1S/C54H33NO2S/c1-3-11-35(12-4-1)41-16-9-18-45-47-31-37(23-29-50(47)57-53(41)45)34-21-24-38(25-22-34)55(40-26-28-44-43-15-7-8-20-49(43)56-51(44)33-40)39-27-30-52-48(32-39)46-19-10-17-42(54(46)58-52)36-13-5-2-6-14-36/h1-33H. The van der Waals surface area contributed by atoms with Crippen LogP contribution < -0.4 is 4.90 Å². The van der Waals surface area contributed by atoms with E-state index in [9.17, 15) is 0 Å². The predicted octanol–water partition coefficient (Wildman–Crippen LogP) is 16.3. The monoisotopic (exact) mass is 759 g/mol. The molecule has 0 aliphatic rings. The van der Waals surface area contributed by atoms with E-state index in [4.69, 9.17) is 8.83 Å². The van der Waals surface area contributed by atoms with Gasteiger partial charge in [0, 0.05) is 70.4 Å². The molecule has 3 nitrogen and oxygen atoms in total. The molecule has 0 bridgehead atoms. The fourth-order valence-corrected chi connectivity index (χ4v) is 9.92. The summed E-state index contributed by atoms with van der Waals surface area (Å²) in [5.41, 5.74) is 13.8. The number of thiophene rings is 1. The molecule has 12 aromatic rings. The van der Waals surface area contributed by atoms with Crippen molar-refractivity contribution in [3.63, 3.8) is 0 Å². The highest BCUT2D eigenvalue weighted by Crippen LogP contribution is 2.45. The van der Waals surface area contributed by atoms with Gasteiger partial charge < -0.3 is 13.7 Å². The molecule has 3 aromatic heterocycles. The fourth-order valence-electron chi connectivity index (χ4n) is 8.70. The average molecular weight is 760 g/mol. The van der Waals surface area contributed by atoms with Crippen LogP contribution in [0.5, 0.6) is 0 Å². The van der Waals surface area contributed by atoms with Crippen molar-refractivity contribution >= 4 is 92.4 Å². The van der Waals surface area contributed by atoms with Crippen molar-refractivity contribution in [3.8, 4) is 33.4 Å². The first kappa shape index (κ1) is 32.8. The van der Waals surface area contributed by atoms with Crippen molar-refractivity contribution < 1.29 is 8.83 Å². The fraction of sp³-hybridized carbons (Fsp3) is 0. The number of para-hydroxylation sites is 2. The highest BCUT2D eigenvalue weighted by atomic mass is 32.1. The molecule has 0 fully saturated rings. The Kier molecular flexibility index (Phi) is 7.40. The topological polar surface area (TPSA) is 29.5 Å². The molecule has 4 heteroatoms. The Morgan fingerprint density at radius 1 is 0.328 bits per heavy atom. The zero-order valence-electron chi connectivity index (χ0n) is 31.2. The second-order valence-electron chi connectivity index (χ2n) is 14.9. The van der Waals surface area contributed by atoms with Gasteiger partial charge in [-0.2, -0.15) is 0 Å². The van der Waals surface area contributed by atoms with Crippen LogP contribution in [0, 0.1) is 0 Å². The summed E-state index contributed by atoms with van der Waals surface area (Å²) in [5.74, 6) is 0. The molecule has 0 spiro atoms. The molecule has 9 aromatic carbocycles. The molecule has 0 amide bonds. The second-order valence-corrected chi connectivity index (χ2v) is 15.9. The van der Waals surface area contributed by atoms with Crippen molar-refractivity contribution in [1.82, 2.24) is 0 Å². The Hall–Kier alpha value is -7.40. The van der Waals surface area contributed by atoms with Gasteiger partial charge in [0.1, 0.15) is 22.3 Å². The summed E-state index contributed by atoms with van der Waals surface area (Å²) in [6, 6.07) is 71.4. The van der Waals surface area contributed by atoms with Gasteiger partial charge in [-0.3, -0.25) is 0 Å². The quantitative estimate of drug-likeness (QED) is 0.169.